The number of carbonyl (C=O) groups is 1. The van der Waals surface area contributed by atoms with Crippen molar-refractivity contribution < 1.29 is 22.1 Å². The number of fused-ring (bicyclic) bond motifs is 1. The van der Waals surface area contributed by atoms with Crippen LogP contribution in [-0.4, -0.2) is 69.8 Å². The van der Waals surface area contributed by atoms with Crippen LogP contribution in [0, 0.1) is 0 Å². The minimum atomic E-state index is -3.55. The van der Waals surface area contributed by atoms with E-state index in [2.05, 4.69) is 9.88 Å². The molecule has 33 heavy (non-hydrogen) atoms. The van der Waals surface area contributed by atoms with Gasteiger partial charge in [0.25, 0.3) is 5.91 Å². The Morgan fingerprint density at radius 3 is 2.42 bits per heavy atom. The number of amides is 1. The number of carbonyl (C=O) groups excluding carboxylic acids is 1. The molecule has 1 fully saturated rings. The molecular formula is C23H28N4O5S. The van der Waals surface area contributed by atoms with E-state index in [1.165, 1.54) is 0 Å². The first kappa shape index (κ1) is 22.9. The summed E-state index contributed by atoms with van der Waals surface area (Å²) in [6.45, 7) is 3.08. The molecule has 9 nitrogen and oxygen atoms in total. The molecule has 1 aliphatic rings. The van der Waals surface area contributed by atoms with Crippen molar-refractivity contribution >= 4 is 32.6 Å². The number of rotatable bonds is 8. The van der Waals surface area contributed by atoms with Gasteiger partial charge in [-0.25, -0.2) is 0 Å². The molecular weight excluding hydrogens is 444 g/mol. The maximum atomic E-state index is 12.7. The van der Waals surface area contributed by atoms with Gasteiger partial charge < -0.3 is 29.4 Å². The van der Waals surface area contributed by atoms with Crippen molar-refractivity contribution in [3.8, 4) is 11.5 Å². The van der Waals surface area contributed by atoms with Gasteiger partial charge >= 0.3 is 10.1 Å². The molecule has 1 aromatic heterocycles. The molecule has 0 unspecified atom stereocenters. The predicted molar refractivity (Wildman–Crippen MR) is 127 cm³/mol. The molecule has 0 bridgehead atoms. The smallest absolute Gasteiger partial charge is 0.306 e. The highest BCUT2D eigenvalue weighted by atomic mass is 32.2. The number of benzene rings is 2. The van der Waals surface area contributed by atoms with Crippen molar-refractivity contribution in [2.75, 3.05) is 50.5 Å². The molecule has 0 spiro atoms. The lowest BCUT2D eigenvalue weighted by Crippen LogP contribution is -2.50. The topological polar surface area (TPSA) is 118 Å². The van der Waals surface area contributed by atoms with E-state index in [0.29, 0.717) is 38.5 Å². The van der Waals surface area contributed by atoms with Crippen LogP contribution in [-0.2, 0) is 21.3 Å². The summed E-state index contributed by atoms with van der Waals surface area (Å²) in [5.74, 6) is 0.881. The zero-order valence-corrected chi connectivity index (χ0v) is 19.3. The van der Waals surface area contributed by atoms with Gasteiger partial charge in [0.1, 0.15) is 11.5 Å². The third-order valence-electron chi connectivity index (χ3n) is 5.60. The summed E-state index contributed by atoms with van der Waals surface area (Å²) in [5.41, 5.74) is 8.78. The molecule has 10 heteroatoms. The van der Waals surface area contributed by atoms with Crippen molar-refractivity contribution in [3.63, 3.8) is 0 Å². The highest BCUT2D eigenvalue weighted by Crippen LogP contribution is 2.25. The number of nitrogens with one attached hydrogen (secondary N) is 1. The fraction of sp³-hybridized carbons (Fsp3) is 0.348. The number of aromatic amines is 1. The van der Waals surface area contributed by atoms with Gasteiger partial charge in [-0.05, 0) is 61.0 Å². The van der Waals surface area contributed by atoms with Crippen molar-refractivity contribution in [1.29, 1.82) is 0 Å². The van der Waals surface area contributed by atoms with Gasteiger partial charge in [0.2, 0.25) is 0 Å². The first-order valence-corrected chi connectivity index (χ1v) is 12.6. The minimum Gasteiger partial charge on any atom is -0.484 e. The summed E-state index contributed by atoms with van der Waals surface area (Å²) in [6, 6.07) is 12.6. The Labute approximate surface area is 193 Å². The summed E-state index contributed by atoms with van der Waals surface area (Å²) < 4.78 is 33.1. The Morgan fingerprint density at radius 2 is 1.76 bits per heavy atom. The lowest BCUT2D eigenvalue weighted by molar-refractivity contribution is -0.133. The third kappa shape index (κ3) is 5.77. The second-order valence-electron chi connectivity index (χ2n) is 8.00. The fourth-order valence-electron chi connectivity index (χ4n) is 3.95. The molecule has 0 aliphatic carbocycles. The van der Waals surface area contributed by atoms with Crippen LogP contribution in [0.15, 0.2) is 48.7 Å². The van der Waals surface area contributed by atoms with Crippen LogP contribution in [0.5, 0.6) is 11.5 Å². The van der Waals surface area contributed by atoms with Crippen molar-refractivity contribution in [2.24, 2.45) is 5.73 Å². The van der Waals surface area contributed by atoms with E-state index in [-0.39, 0.29) is 18.3 Å². The Kier molecular flexibility index (Phi) is 6.75. The average molecular weight is 473 g/mol. The van der Waals surface area contributed by atoms with E-state index in [0.717, 1.165) is 34.8 Å². The predicted octanol–water partition coefficient (Wildman–Crippen LogP) is 1.74. The second kappa shape index (κ2) is 9.72. The molecule has 1 aliphatic heterocycles. The summed E-state index contributed by atoms with van der Waals surface area (Å²) in [4.78, 5) is 19.8. The number of nitrogens with two attached hydrogens (primary N) is 1. The Bertz CT molecular complexity index is 1220. The molecule has 0 radical (unpaired) electrons. The number of ether oxygens (including phenoxy) is 1. The molecule has 3 N–H and O–H groups in total. The fourth-order valence-corrected chi connectivity index (χ4v) is 4.41. The van der Waals surface area contributed by atoms with Crippen LogP contribution >= 0.6 is 0 Å². The Morgan fingerprint density at radius 1 is 1.06 bits per heavy atom. The quantitative estimate of drug-likeness (QED) is 0.480. The zero-order valence-electron chi connectivity index (χ0n) is 18.5. The molecule has 3 aromatic rings. The first-order valence-electron chi connectivity index (χ1n) is 10.8. The van der Waals surface area contributed by atoms with E-state index in [1.54, 1.807) is 17.0 Å². The number of hydrogen-bond donors (Lipinski definition) is 2. The Hall–Kier alpha value is -3.24. The normalized spacial score (nSPS) is 14.5. The average Bonchev–Trinajstić information content (AvgIpc) is 3.19. The molecule has 1 amide bonds. The van der Waals surface area contributed by atoms with Crippen LogP contribution in [0.4, 0.5) is 5.69 Å². The van der Waals surface area contributed by atoms with E-state index < -0.39 is 10.1 Å². The number of hydrogen-bond acceptors (Lipinski definition) is 7. The standard InChI is InChI=1S/C23H28N4O5S/c1-33(29,30)32-19-4-2-18(3-5-19)26-10-12-27(13-11-26)23(28)16-31-20-6-7-22-21(14-20)17(8-9-24)15-25-22/h2-7,14-15,25H,8-13,16,24H2,1H3. The monoisotopic (exact) mass is 472 g/mol. The zero-order chi connectivity index (χ0) is 23.4. The Balaban J connectivity index is 1.29. The van der Waals surface area contributed by atoms with Gasteiger partial charge in [-0.1, -0.05) is 0 Å². The lowest BCUT2D eigenvalue weighted by Gasteiger charge is -2.36. The van der Waals surface area contributed by atoms with Crippen LogP contribution < -0.4 is 19.6 Å². The van der Waals surface area contributed by atoms with Crippen LogP contribution in [0.2, 0.25) is 0 Å². The van der Waals surface area contributed by atoms with Gasteiger partial charge in [-0.15, -0.1) is 0 Å². The first-order chi connectivity index (χ1) is 15.8. The molecule has 4 rings (SSSR count). The molecule has 2 heterocycles. The van der Waals surface area contributed by atoms with Crippen molar-refractivity contribution in [3.05, 3.63) is 54.2 Å². The molecule has 2 aromatic carbocycles. The molecule has 0 atom stereocenters. The van der Waals surface area contributed by atoms with Gasteiger partial charge in [0, 0.05) is 49.0 Å². The second-order valence-corrected chi connectivity index (χ2v) is 9.57. The van der Waals surface area contributed by atoms with E-state index in [1.807, 2.05) is 36.5 Å². The number of piperazine rings is 1. The highest BCUT2D eigenvalue weighted by Gasteiger charge is 2.22. The van der Waals surface area contributed by atoms with Gasteiger partial charge in [-0.3, -0.25) is 4.79 Å². The minimum absolute atomic E-state index is 0.0142. The summed E-state index contributed by atoms with van der Waals surface area (Å²) in [6.07, 6.45) is 3.75. The maximum absolute atomic E-state index is 12.7. The SMILES string of the molecule is CS(=O)(=O)Oc1ccc(N2CCN(C(=O)COc3ccc4[nH]cc(CCN)c4c3)CC2)cc1. The number of nitrogens with zero attached hydrogens (tertiary/aromatic N) is 2. The van der Waals surface area contributed by atoms with E-state index in [4.69, 9.17) is 14.7 Å². The largest absolute Gasteiger partial charge is 0.484 e. The van der Waals surface area contributed by atoms with Crippen LogP contribution in [0.1, 0.15) is 5.56 Å². The molecule has 0 saturated carbocycles. The summed E-state index contributed by atoms with van der Waals surface area (Å²) >= 11 is 0. The van der Waals surface area contributed by atoms with Crippen LogP contribution in [0.25, 0.3) is 10.9 Å². The molecule has 176 valence electrons. The maximum Gasteiger partial charge on any atom is 0.306 e. The van der Waals surface area contributed by atoms with Crippen LogP contribution in [0.3, 0.4) is 0 Å². The highest BCUT2D eigenvalue weighted by molar-refractivity contribution is 7.86. The number of aromatic nitrogens is 1. The van der Waals surface area contributed by atoms with Gasteiger partial charge in [0.05, 0.1) is 6.26 Å². The van der Waals surface area contributed by atoms with E-state index in [9.17, 15) is 13.2 Å². The van der Waals surface area contributed by atoms with Gasteiger partial charge in [0.15, 0.2) is 6.61 Å². The third-order valence-corrected chi connectivity index (χ3v) is 6.09. The number of anilines is 1. The number of H-pyrrole nitrogens is 1. The molecule has 1 saturated heterocycles. The summed E-state index contributed by atoms with van der Waals surface area (Å²) in [7, 11) is -3.55. The van der Waals surface area contributed by atoms with Crippen molar-refractivity contribution in [2.45, 2.75) is 6.42 Å². The van der Waals surface area contributed by atoms with Gasteiger partial charge in [-0.2, -0.15) is 8.42 Å². The van der Waals surface area contributed by atoms with E-state index >= 15 is 0 Å². The van der Waals surface area contributed by atoms with Crippen molar-refractivity contribution in [1.82, 2.24) is 9.88 Å². The lowest BCUT2D eigenvalue weighted by atomic mass is 10.1. The summed E-state index contributed by atoms with van der Waals surface area (Å²) in [5, 5.41) is 1.06.